The zero-order chi connectivity index (χ0) is 19.9. The van der Waals surface area contributed by atoms with Crippen LogP contribution >= 0.6 is 0 Å². The molecule has 2 aromatic carbocycles. The van der Waals surface area contributed by atoms with Crippen molar-refractivity contribution in [3.05, 3.63) is 78.4 Å². The number of ketones is 1. The first-order valence-electron chi connectivity index (χ1n) is 9.19. The fourth-order valence-electron chi connectivity index (χ4n) is 2.92. The molecule has 0 radical (unpaired) electrons. The van der Waals surface area contributed by atoms with Gasteiger partial charge < -0.3 is 4.74 Å². The van der Waals surface area contributed by atoms with Crippen molar-refractivity contribution < 1.29 is 14.3 Å². The lowest BCUT2D eigenvalue weighted by Crippen LogP contribution is -2.54. The van der Waals surface area contributed by atoms with Crippen molar-refractivity contribution >= 4 is 17.4 Å². The molecule has 0 N–H and O–H groups in total. The number of hydrogen-bond donors (Lipinski definition) is 0. The number of nitrogens with zero attached hydrogens (tertiary/aromatic N) is 1. The molecule has 0 aromatic heterocycles. The van der Waals surface area contributed by atoms with E-state index in [1.807, 2.05) is 42.5 Å². The second-order valence-corrected chi connectivity index (χ2v) is 7.10. The van der Waals surface area contributed by atoms with E-state index in [2.05, 4.69) is 39.6 Å². The largest absolute Gasteiger partial charge is 0.462 e. The molecule has 0 saturated carbocycles. The van der Waals surface area contributed by atoms with E-state index in [-0.39, 0.29) is 11.8 Å². The summed E-state index contributed by atoms with van der Waals surface area (Å²) in [5.74, 6) is -0.276. The van der Waals surface area contributed by atoms with Crippen LogP contribution in [0.2, 0.25) is 0 Å². The molecule has 1 unspecified atom stereocenters. The number of likely N-dealkylation sites (N-methyl/N-ethyl adjacent to an activating group) is 1. The van der Waals surface area contributed by atoms with Crippen LogP contribution in [0.3, 0.4) is 0 Å². The Kier molecular flexibility index (Phi) is 7.08. The lowest BCUT2D eigenvalue weighted by atomic mass is 10.1. The number of ether oxygens (including phenoxy) is 1. The van der Waals surface area contributed by atoms with Gasteiger partial charge >= 0.3 is 5.97 Å². The SMILES string of the molecule is C=CC(=O)OCCc1ccc([N+](C)(CC(=O)c2ccccc2)C(C)C)cc1. The Bertz CT molecular complexity index is 781. The van der Waals surface area contributed by atoms with Crippen LogP contribution in [0, 0.1) is 0 Å². The highest BCUT2D eigenvalue weighted by atomic mass is 16.5. The van der Waals surface area contributed by atoms with E-state index < -0.39 is 5.97 Å². The highest BCUT2D eigenvalue weighted by Gasteiger charge is 2.32. The first-order chi connectivity index (χ1) is 12.9. The van der Waals surface area contributed by atoms with Crippen molar-refractivity contribution in [2.45, 2.75) is 26.3 Å². The minimum Gasteiger partial charge on any atom is -0.462 e. The number of benzene rings is 2. The summed E-state index contributed by atoms with van der Waals surface area (Å²) in [5.41, 5.74) is 2.91. The summed E-state index contributed by atoms with van der Waals surface area (Å²) < 4.78 is 5.55. The number of carbonyl (C=O) groups is 2. The molecule has 0 spiro atoms. The molecule has 0 heterocycles. The average molecular weight is 366 g/mol. The second-order valence-electron chi connectivity index (χ2n) is 7.10. The van der Waals surface area contributed by atoms with Crippen LogP contribution < -0.4 is 4.48 Å². The molecule has 0 aliphatic rings. The van der Waals surface area contributed by atoms with E-state index in [9.17, 15) is 9.59 Å². The summed E-state index contributed by atoms with van der Waals surface area (Å²) in [7, 11) is 2.09. The molecule has 0 aliphatic carbocycles. The standard InChI is InChI=1S/C23H28NO3/c1-5-23(26)27-16-15-19-11-13-21(14-12-19)24(4,18(2)3)17-22(25)20-9-7-6-8-10-20/h5-14,18H,1,15-17H2,2-4H3/q+1. The van der Waals surface area contributed by atoms with E-state index in [0.717, 1.165) is 16.8 Å². The van der Waals surface area contributed by atoms with Crippen LogP contribution in [0.5, 0.6) is 0 Å². The zero-order valence-corrected chi connectivity index (χ0v) is 16.4. The van der Waals surface area contributed by atoms with E-state index in [1.165, 1.54) is 6.08 Å². The maximum absolute atomic E-state index is 12.8. The Morgan fingerprint density at radius 1 is 1.07 bits per heavy atom. The summed E-state index contributed by atoms with van der Waals surface area (Å²) in [6.07, 6.45) is 1.81. The van der Waals surface area contributed by atoms with Gasteiger partial charge in [0.15, 0.2) is 0 Å². The molecule has 0 aliphatic heterocycles. The predicted octanol–water partition coefficient (Wildman–Crippen LogP) is 4.19. The zero-order valence-electron chi connectivity index (χ0n) is 16.4. The predicted molar refractivity (Wildman–Crippen MR) is 110 cm³/mol. The van der Waals surface area contributed by atoms with Crippen molar-refractivity contribution in [3.63, 3.8) is 0 Å². The van der Waals surface area contributed by atoms with Crippen molar-refractivity contribution in [2.75, 3.05) is 20.2 Å². The highest BCUT2D eigenvalue weighted by molar-refractivity contribution is 5.98. The highest BCUT2D eigenvalue weighted by Crippen LogP contribution is 2.26. The fraction of sp³-hybridized carbons (Fsp3) is 0.304. The lowest BCUT2D eigenvalue weighted by Gasteiger charge is -2.37. The third-order valence-corrected chi connectivity index (χ3v) is 5.04. The maximum atomic E-state index is 12.8. The quantitative estimate of drug-likeness (QED) is 0.289. The average Bonchev–Trinajstić information content (AvgIpc) is 2.68. The van der Waals surface area contributed by atoms with Gasteiger partial charge in [0.2, 0.25) is 5.78 Å². The summed E-state index contributed by atoms with van der Waals surface area (Å²) in [6, 6.07) is 17.8. The lowest BCUT2D eigenvalue weighted by molar-refractivity contribution is -0.137. The van der Waals surface area contributed by atoms with Crippen LogP contribution in [-0.4, -0.2) is 38.0 Å². The first-order valence-corrected chi connectivity index (χ1v) is 9.19. The molecule has 142 valence electrons. The maximum Gasteiger partial charge on any atom is 0.330 e. The van der Waals surface area contributed by atoms with Gasteiger partial charge in [-0.05, 0) is 31.5 Å². The van der Waals surface area contributed by atoms with Crippen molar-refractivity contribution in [1.82, 2.24) is 4.48 Å². The molecular weight excluding hydrogens is 338 g/mol. The van der Waals surface area contributed by atoms with Crippen LogP contribution in [-0.2, 0) is 16.0 Å². The Labute approximate surface area is 161 Å². The number of quaternary nitrogens is 1. The van der Waals surface area contributed by atoms with E-state index in [4.69, 9.17) is 4.74 Å². The topological polar surface area (TPSA) is 43.4 Å². The smallest absolute Gasteiger partial charge is 0.330 e. The third kappa shape index (κ3) is 5.38. The fourth-order valence-corrected chi connectivity index (χ4v) is 2.92. The molecule has 27 heavy (non-hydrogen) atoms. The Morgan fingerprint density at radius 3 is 2.26 bits per heavy atom. The van der Waals surface area contributed by atoms with Gasteiger partial charge in [0.1, 0.15) is 12.2 Å². The van der Waals surface area contributed by atoms with Gasteiger partial charge in [0, 0.05) is 18.1 Å². The summed E-state index contributed by atoms with van der Waals surface area (Å²) in [5, 5.41) is 0. The molecule has 4 heteroatoms. The van der Waals surface area contributed by atoms with Crippen LogP contribution in [0.4, 0.5) is 5.69 Å². The summed E-state index contributed by atoms with van der Waals surface area (Å²) in [6.45, 7) is 8.36. The molecular formula is C23H28NO3+. The Hall–Kier alpha value is -2.72. The van der Waals surface area contributed by atoms with Crippen molar-refractivity contribution in [3.8, 4) is 0 Å². The number of Topliss-reactive ketones (excluding diaryl/α,β-unsaturated/α-hetero) is 1. The molecule has 2 aromatic rings. The van der Waals surface area contributed by atoms with Crippen LogP contribution in [0.15, 0.2) is 67.3 Å². The van der Waals surface area contributed by atoms with E-state index in [1.54, 1.807) is 0 Å². The minimum atomic E-state index is -0.407. The molecule has 1 atom stereocenters. The first kappa shape index (κ1) is 20.6. The summed E-state index contributed by atoms with van der Waals surface area (Å²) in [4.78, 5) is 23.9. The van der Waals surface area contributed by atoms with Crippen LogP contribution in [0.25, 0.3) is 0 Å². The Morgan fingerprint density at radius 2 is 1.70 bits per heavy atom. The van der Waals surface area contributed by atoms with Crippen LogP contribution in [0.1, 0.15) is 29.8 Å². The minimum absolute atomic E-state index is 0.132. The van der Waals surface area contributed by atoms with Crippen molar-refractivity contribution in [1.29, 1.82) is 0 Å². The molecule has 0 bridgehead atoms. The van der Waals surface area contributed by atoms with E-state index >= 15 is 0 Å². The monoisotopic (exact) mass is 366 g/mol. The van der Waals surface area contributed by atoms with Gasteiger partial charge in [0.25, 0.3) is 0 Å². The van der Waals surface area contributed by atoms with Gasteiger partial charge in [0.05, 0.1) is 19.7 Å². The van der Waals surface area contributed by atoms with Gasteiger partial charge in [-0.25, -0.2) is 4.79 Å². The number of esters is 1. The molecule has 0 saturated heterocycles. The molecule has 0 amide bonds. The van der Waals surface area contributed by atoms with Gasteiger partial charge in [-0.1, -0.05) is 49.0 Å². The molecule has 4 nitrogen and oxygen atoms in total. The number of hydrogen-bond acceptors (Lipinski definition) is 3. The van der Waals surface area contributed by atoms with Gasteiger partial charge in [-0.3, -0.25) is 9.28 Å². The normalized spacial score (nSPS) is 13.0. The summed E-state index contributed by atoms with van der Waals surface area (Å²) >= 11 is 0. The third-order valence-electron chi connectivity index (χ3n) is 5.04. The van der Waals surface area contributed by atoms with Gasteiger partial charge in [-0.15, -0.1) is 0 Å². The molecule has 0 fully saturated rings. The van der Waals surface area contributed by atoms with Crippen molar-refractivity contribution in [2.24, 2.45) is 0 Å². The Balaban J connectivity index is 2.12. The van der Waals surface area contributed by atoms with E-state index in [0.29, 0.717) is 24.1 Å². The number of rotatable bonds is 9. The van der Waals surface area contributed by atoms with Gasteiger partial charge in [-0.2, -0.15) is 0 Å². The second kappa shape index (κ2) is 9.28. The molecule has 2 rings (SSSR count). The number of carbonyl (C=O) groups excluding carboxylic acids is 2.